The third kappa shape index (κ3) is 3.98. The van der Waals surface area contributed by atoms with Gasteiger partial charge in [0.25, 0.3) is 11.8 Å². The van der Waals surface area contributed by atoms with E-state index in [4.69, 9.17) is 9.84 Å². The minimum atomic E-state index is -1.03. The lowest BCUT2D eigenvalue weighted by Crippen LogP contribution is -2.50. The minimum absolute atomic E-state index is 0.0868. The maximum absolute atomic E-state index is 12.7. The van der Waals surface area contributed by atoms with E-state index < -0.39 is 5.97 Å². The molecule has 2 aromatic rings. The van der Waals surface area contributed by atoms with Gasteiger partial charge in [-0.05, 0) is 48.9 Å². The van der Waals surface area contributed by atoms with E-state index in [0.29, 0.717) is 43.1 Å². The van der Waals surface area contributed by atoms with Gasteiger partial charge in [-0.3, -0.25) is 9.59 Å². The second kappa shape index (κ2) is 8.12. The summed E-state index contributed by atoms with van der Waals surface area (Å²) >= 11 is 0. The summed E-state index contributed by atoms with van der Waals surface area (Å²) < 4.78 is 5.28. The van der Waals surface area contributed by atoms with Crippen molar-refractivity contribution in [3.63, 3.8) is 0 Å². The first-order valence-corrected chi connectivity index (χ1v) is 8.97. The van der Waals surface area contributed by atoms with Crippen LogP contribution in [0.15, 0.2) is 42.5 Å². The van der Waals surface area contributed by atoms with Crippen LogP contribution in [0.2, 0.25) is 0 Å². The summed E-state index contributed by atoms with van der Waals surface area (Å²) in [6.45, 7) is 3.64. The number of hydrogen-bond acceptors (Lipinski definition) is 4. The van der Waals surface area contributed by atoms with E-state index >= 15 is 0 Å². The normalized spacial score (nSPS) is 13.9. The zero-order chi connectivity index (χ0) is 20.3. The Morgan fingerprint density at radius 3 is 1.79 bits per heavy atom. The number of carboxylic acid groups (broad SMARTS) is 1. The Hall–Kier alpha value is -3.35. The molecule has 3 rings (SSSR count). The predicted molar refractivity (Wildman–Crippen MR) is 103 cm³/mol. The van der Waals surface area contributed by atoms with Crippen molar-refractivity contribution in [3.05, 3.63) is 64.7 Å². The lowest BCUT2D eigenvalue weighted by molar-refractivity contribution is 0.0535. The van der Waals surface area contributed by atoms with Crippen molar-refractivity contribution in [2.75, 3.05) is 33.3 Å². The molecular formula is C21H22N2O5. The van der Waals surface area contributed by atoms with Crippen LogP contribution in [0.3, 0.4) is 0 Å². The zero-order valence-electron chi connectivity index (χ0n) is 15.8. The Morgan fingerprint density at radius 1 is 0.821 bits per heavy atom. The van der Waals surface area contributed by atoms with Crippen LogP contribution >= 0.6 is 0 Å². The first-order valence-electron chi connectivity index (χ1n) is 8.97. The van der Waals surface area contributed by atoms with Crippen molar-refractivity contribution in [2.24, 2.45) is 0 Å². The molecule has 0 atom stereocenters. The minimum Gasteiger partial charge on any atom is -0.496 e. The quantitative estimate of drug-likeness (QED) is 0.877. The molecule has 0 spiro atoms. The van der Waals surface area contributed by atoms with E-state index in [1.807, 2.05) is 13.0 Å². The summed E-state index contributed by atoms with van der Waals surface area (Å²) in [6.07, 6.45) is 0. The second-order valence-corrected chi connectivity index (χ2v) is 6.65. The molecule has 0 unspecified atom stereocenters. The number of aryl methyl sites for hydroxylation is 1. The fraction of sp³-hybridized carbons (Fsp3) is 0.286. The molecule has 0 aliphatic carbocycles. The van der Waals surface area contributed by atoms with E-state index in [1.165, 1.54) is 24.3 Å². The number of benzene rings is 2. The average Bonchev–Trinajstić information content (AvgIpc) is 2.73. The maximum Gasteiger partial charge on any atom is 0.335 e. The molecule has 2 aromatic carbocycles. The van der Waals surface area contributed by atoms with E-state index in [9.17, 15) is 14.4 Å². The number of carbonyl (C=O) groups excluding carboxylic acids is 2. The monoisotopic (exact) mass is 382 g/mol. The number of piperazine rings is 1. The molecule has 1 N–H and O–H groups in total. The number of ether oxygens (including phenoxy) is 1. The van der Waals surface area contributed by atoms with Crippen LogP contribution < -0.4 is 4.74 Å². The van der Waals surface area contributed by atoms with Gasteiger partial charge in [-0.25, -0.2) is 4.79 Å². The van der Waals surface area contributed by atoms with Crippen molar-refractivity contribution >= 4 is 17.8 Å². The number of carboxylic acids is 1. The number of amides is 2. The first kappa shape index (κ1) is 19.4. The van der Waals surface area contributed by atoms with Crippen LogP contribution in [0.5, 0.6) is 5.75 Å². The Balaban J connectivity index is 1.63. The number of nitrogens with zero attached hydrogens (tertiary/aromatic N) is 2. The van der Waals surface area contributed by atoms with E-state index in [1.54, 1.807) is 29.0 Å². The van der Waals surface area contributed by atoms with Gasteiger partial charge in [-0.1, -0.05) is 6.07 Å². The molecule has 0 saturated carbocycles. The highest BCUT2D eigenvalue weighted by Gasteiger charge is 2.26. The Kier molecular flexibility index (Phi) is 5.63. The number of hydrogen-bond donors (Lipinski definition) is 1. The van der Waals surface area contributed by atoms with Gasteiger partial charge >= 0.3 is 5.97 Å². The van der Waals surface area contributed by atoms with Gasteiger partial charge in [0.15, 0.2) is 0 Å². The van der Waals surface area contributed by atoms with Gasteiger partial charge in [-0.15, -0.1) is 0 Å². The molecule has 28 heavy (non-hydrogen) atoms. The summed E-state index contributed by atoms with van der Waals surface area (Å²) in [7, 11) is 1.57. The summed E-state index contributed by atoms with van der Waals surface area (Å²) in [5.41, 5.74) is 2.10. The summed E-state index contributed by atoms with van der Waals surface area (Å²) in [5.74, 6) is -0.611. The number of aromatic carboxylic acids is 1. The van der Waals surface area contributed by atoms with Gasteiger partial charge in [0.2, 0.25) is 0 Å². The van der Waals surface area contributed by atoms with Crippen LogP contribution in [0, 0.1) is 6.92 Å². The summed E-state index contributed by atoms with van der Waals surface area (Å²) in [6, 6.07) is 11.2. The molecule has 146 valence electrons. The van der Waals surface area contributed by atoms with Crippen LogP contribution in [0.1, 0.15) is 36.6 Å². The molecule has 1 aliphatic heterocycles. The standard InChI is InChI=1S/C21H22N2O5/c1-14-3-4-17(13-18(14)28-2)20(25)23-11-9-22(10-12-23)19(24)15-5-7-16(8-6-15)21(26)27/h3-8,13H,9-12H2,1-2H3,(H,26,27). The molecule has 0 radical (unpaired) electrons. The third-order valence-electron chi connectivity index (χ3n) is 4.89. The molecular weight excluding hydrogens is 360 g/mol. The number of carbonyl (C=O) groups is 3. The van der Waals surface area contributed by atoms with Crippen LogP contribution in [-0.4, -0.2) is 66.0 Å². The Labute approximate surface area is 163 Å². The fourth-order valence-corrected chi connectivity index (χ4v) is 3.19. The molecule has 1 saturated heterocycles. The van der Waals surface area contributed by atoms with Gasteiger partial charge < -0.3 is 19.6 Å². The van der Waals surface area contributed by atoms with E-state index in [0.717, 1.165) is 5.56 Å². The first-order chi connectivity index (χ1) is 13.4. The van der Waals surface area contributed by atoms with Crippen LogP contribution in [-0.2, 0) is 0 Å². The predicted octanol–water partition coefficient (Wildman–Crippen LogP) is 2.30. The summed E-state index contributed by atoms with van der Waals surface area (Å²) in [5, 5.41) is 8.95. The number of methoxy groups -OCH3 is 1. The molecule has 7 nitrogen and oxygen atoms in total. The molecule has 1 fully saturated rings. The zero-order valence-corrected chi connectivity index (χ0v) is 15.8. The van der Waals surface area contributed by atoms with Crippen molar-refractivity contribution in [1.29, 1.82) is 0 Å². The molecule has 1 heterocycles. The van der Waals surface area contributed by atoms with Crippen molar-refractivity contribution < 1.29 is 24.2 Å². The fourth-order valence-electron chi connectivity index (χ4n) is 3.19. The van der Waals surface area contributed by atoms with Crippen molar-refractivity contribution in [1.82, 2.24) is 9.80 Å². The lowest BCUT2D eigenvalue weighted by atomic mass is 10.1. The highest BCUT2D eigenvalue weighted by atomic mass is 16.5. The second-order valence-electron chi connectivity index (χ2n) is 6.65. The maximum atomic E-state index is 12.7. The van der Waals surface area contributed by atoms with Crippen molar-refractivity contribution in [2.45, 2.75) is 6.92 Å². The van der Waals surface area contributed by atoms with Crippen LogP contribution in [0.4, 0.5) is 0 Å². The Morgan fingerprint density at radius 2 is 1.29 bits per heavy atom. The van der Waals surface area contributed by atoms with E-state index in [-0.39, 0.29) is 17.4 Å². The SMILES string of the molecule is COc1cc(C(=O)N2CCN(C(=O)c3ccc(C(=O)O)cc3)CC2)ccc1C. The largest absolute Gasteiger partial charge is 0.496 e. The van der Waals surface area contributed by atoms with Gasteiger partial charge in [0, 0.05) is 37.3 Å². The van der Waals surface area contributed by atoms with Crippen LogP contribution in [0.25, 0.3) is 0 Å². The van der Waals surface area contributed by atoms with Gasteiger partial charge in [0.1, 0.15) is 5.75 Å². The number of rotatable bonds is 4. The molecule has 1 aliphatic rings. The topological polar surface area (TPSA) is 87.2 Å². The molecule has 0 bridgehead atoms. The van der Waals surface area contributed by atoms with Gasteiger partial charge in [-0.2, -0.15) is 0 Å². The third-order valence-corrected chi connectivity index (χ3v) is 4.89. The van der Waals surface area contributed by atoms with Crippen molar-refractivity contribution in [3.8, 4) is 5.75 Å². The summed E-state index contributed by atoms with van der Waals surface area (Å²) in [4.78, 5) is 39.7. The van der Waals surface area contributed by atoms with E-state index in [2.05, 4.69) is 0 Å². The molecule has 0 aromatic heterocycles. The molecule has 7 heteroatoms. The average molecular weight is 382 g/mol. The molecule has 2 amide bonds. The smallest absolute Gasteiger partial charge is 0.335 e. The Bertz CT molecular complexity index is 900. The lowest BCUT2D eigenvalue weighted by Gasteiger charge is -2.35. The highest BCUT2D eigenvalue weighted by Crippen LogP contribution is 2.21. The highest BCUT2D eigenvalue weighted by molar-refractivity contribution is 5.97. The van der Waals surface area contributed by atoms with Gasteiger partial charge in [0.05, 0.1) is 12.7 Å².